The lowest BCUT2D eigenvalue weighted by Crippen LogP contribution is -2.06. The number of rotatable bonds is 3. The summed E-state index contributed by atoms with van der Waals surface area (Å²) in [5.41, 5.74) is 0.603. The molecule has 4 heteroatoms. The van der Waals surface area contributed by atoms with E-state index in [-0.39, 0.29) is 5.57 Å². The number of hydrogen-bond acceptors (Lipinski definition) is 2. The predicted molar refractivity (Wildman–Crippen MR) is 62.1 cm³/mol. The van der Waals surface area contributed by atoms with Gasteiger partial charge in [-0.3, -0.25) is 0 Å². The topological polar surface area (TPSA) is 26.3 Å². The molecule has 0 spiro atoms. The van der Waals surface area contributed by atoms with Crippen molar-refractivity contribution in [1.82, 2.24) is 0 Å². The van der Waals surface area contributed by atoms with Crippen LogP contribution >= 0.6 is 23.2 Å². The molecule has 0 saturated carbocycles. The van der Waals surface area contributed by atoms with Gasteiger partial charge < -0.3 is 4.74 Å². The summed E-state index contributed by atoms with van der Waals surface area (Å²) in [5.74, 6) is -0.507. The highest BCUT2D eigenvalue weighted by molar-refractivity contribution is 6.40. The molecule has 1 rings (SSSR count). The van der Waals surface area contributed by atoms with Gasteiger partial charge in [0.15, 0.2) is 0 Å². The first-order chi connectivity index (χ1) is 7.07. The Labute approximate surface area is 98.4 Å². The minimum Gasteiger partial charge on any atom is -0.462 e. The van der Waals surface area contributed by atoms with Crippen molar-refractivity contribution in [2.24, 2.45) is 0 Å². The largest absolute Gasteiger partial charge is 0.462 e. The van der Waals surface area contributed by atoms with Gasteiger partial charge in [-0.15, -0.1) is 0 Å². The van der Waals surface area contributed by atoms with Crippen molar-refractivity contribution >= 4 is 34.7 Å². The molecule has 0 aliphatic carbocycles. The highest BCUT2D eigenvalue weighted by Crippen LogP contribution is 2.30. The summed E-state index contributed by atoms with van der Waals surface area (Å²) < 4.78 is 4.81. The molecule has 80 valence electrons. The molecule has 15 heavy (non-hydrogen) atoms. The maximum absolute atomic E-state index is 11.4. The molecule has 0 fully saturated rings. The van der Waals surface area contributed by atoms with Crippen LogP contribution in [0.1, 0.15) is 12.5 Å². The Morgan fingerprint density at radius 1 is 1.40 bits per heavy atom. The van der Waals surface area contributed by atoms with Crippen LogP contribution in [0.4, 0.5) is 0 Å². The van der Waals surface area contributed by atoms with Gasteiger partial charge in [-0.2, -0.15) is 0 Å². The van der Waals surface area contributed by atoms with Crippen LogP contribution in [0.2, 0.25) is 10.0 Å². The number of carbonyl (C=O) groups excluding carboxylic acids is 1. The Hall–Kier alpha value is -0.990. The maximum Gasteiger partial charge on any atom is 0.338 e. The van der Waals surface area contributed by atoms with Gasteiger partial charge in [0.1, 0.15) is 0 Å². The van der Waals surface area contributed by atoms with Crippen molar-refractivity contribution in [3.63, 3.8) is 0 Å². The second-order valence-corrected chi connectivity index (χ2v) is 3.61. The fourth-order valence-electron chi connectivity index (χ4n) is 1.11. The molecule has 0 bridgehead atoms. The molecule has 0 radical (unpaired) electrons. The van der Waals surface area contributed by atoms with Crippen LogP contribution in [-0.4, -0.2) is 12.6 Å². The van der Waals surface area contributed by atoms with Crippen molar-refractivity contribution in [3.8, 4) is 0 Å². The zero-order valence-electron chi connectivity index (χ0n) is 8.22. The van der Waals surface area contributed by atoms with E-state index in [1.165, 1.54) is 0 Å². The predicted octanol–water partition coefficient (Wildman–Crippen LogP) is 3.57. The molecule has 1 aromatic rings. The molecular weight excluding hydrogens is 235 g/mol. The number of halogens is 2. The standard InChI is InChI=1S/C11H10Cl2O2/c1-3-15-11(14)7(2)10-8(12)5-4-6-9(10)13/h4-6H,2-3H2,1H3. The van der Waals surface area contributed by atoms with Gasteiger partial charge in [0.25, 0.3) is 0 Å². The molecule has 0 aromatic heterocycles. The second kappa shape index (κ2) is 5.19. The fraction of sp³-hybridized carbons (Fsp3) is 0.182. The molecule has 0 amide bonds. The summed E-state index contributed by atoms with van der Waals surface area (Å²) in [6.07, 6.45) is 0. The van der Waals surface area contributed by atoms with Gasteiger partial charge in [0.05, 0.1) is 22.2 Å². The normalized spacial score (nSPS) is 9.80. The van der Waals surface area contributed by atoms with Crippen molar-refractivity contribution in [2.45, 2.75) is 6.92 Å². The summed E-state index contributed by atoms with van der Waals surface area (Å²) in [4.78, 5) is 11.4. The van der Waals surface area contributed by atoms with Crippen molar-refractivity contribution in [3.05, 3.63) is 40.4 Å². The monoisotopic (exact) mass is 244 g/mol. The zero-order valence-corrected chi connectivity index (χ0v) is 9.73. The molecule has 0 heterocycles. The van der Waals surface area contributed by atoms with Crippen molar-refractivity contribution in [2.75, 3.05) is 6.61 Å². The molecular formula is C11H10Cl2O2. The number of esters is 1. The van der Waals surface area contributed by atoms with Crippen LogP contribution in [0, 0.1) is 0 Å². The Morgan fingerprint density at radius 3 is 2.40 bits per heavy atom. The van der Waals surface area contributed by atoms with E-state index >= 15 is 0 Å². The van der Waals surface area contributed by atoms with Gasteiger partial charge in [-0.25, -0.2) is 4.79 Å². The number of ether oxygens (including phenoxy) is 1. The smallest absolute Gasteiger partial charge is 0.338 e. The molecule has 0 saturated heterocycles. The number of carbonyl (C=O) groups is 1. The first-order valence-corrected chi connectivity index (χ1v) is 5.14. The van der Waals surface area contributed by atoms with E-state index in [1.54, 1.807) is 25.1 Å². The van der Waals surface area contributed by atoms with Gasteiger partial charge in [-0.1, -0.05) is 35.8 Å². The van der Waals surface area contributed by atoms with Gasteiger partial charge in [-0.05, 0) is 19.1 Å². The van der Waals surface area contributed by atoms with Gasteiger partial charge in [0.2, 0.25) is 0 Å². The highest BCUT2D eigenvalue weighted by atomic mass is 35.5. The third-order valence-electron chi connectivity index (χ3n) is 1.79. The summed E-state index contributed by atoms with van der Waals surface area (Å²) in [7, 11) is 0. The second-order valence-electron chi connectivity index (χ2n) is 2.80. The molecule has 1 aromatic carbocycles. The SMILES string of the molecule is C=C(C(=O)OCC)c1c(Cl)cccc1Cl. The molecule has 0 aliphatic heterocycles. The minimum absolute atomic E-state index is 0.174. The average molecular weight is 245 g/mol. The summed E-state index contributed by atoms with van der Waals surface area (Å²) >= 11 is 11.8. The lowest BCUT2D eigenvalue weighted by atomic mass is 10.1. The van der Waals surface area contributed by atoms with E-state index in [0.29, 0.717) is 22.2 Å². The van der Waals surface area contributed by atoms with Crippen molar-refractivity contribution in [1.29, 1.82) is 0 Å². The Morgan fingerprint density at radius 2 is 1.93 bits per heavy atom. The first kappa shape index (κ1) is 12.1. The minimum atomic E-state index is -0.507. The van der Waals surface area contributed by atoms with E-state index in [1.807, 2.05) is 0 Å². The van der Waals surface area contributed by atoms with Crippen LogP contribution in [0.25, 0.3) is 5.57 Å². The van der Waals surface area contributed by atoms with Crippen LogP contribution in [-0.2, 0) is 9.53 Å². The van der Waals surface area contributed by atoms with E-state index in [9.17, 15) is 4.79 Å². The molecule has 0 atom stereocenters. The number of benzene rings is 1. The van der Waals surface area contributed by atoms with E-state index in [2.05, 4.69) is 6.58 Å². The quantitative estimate of drug-likeness (QED) is 0.601. The van der Waals surface area contributed by atoms with Crippen molar-refractivity contribution < 1.29 is 9.53 Å². The average Bonchev–Trinajstić information content (AvgIpc) is 2.17. The Bertz CT molecular complexity index is 379. The van der Waals surface area contributed by atoms with Crippen LogP contribution in [0.15, 0.2) is 24.8 Å². The molecule has 0 aliphatic rings. The van der Waals surface area contributed by atoms with Crippen LogP contribution in [0.5, 0.6) is 0 Å². The molecule has 2 nitrogen and oxygen atoms in total. The van der Waals surface area contributed by atoms with Gasteiger partial charge >= 0.3 is 5.97 Å². The molecule has 0 N–H and O–H groups in total. The fourth-order valence-corrected chi connectivity index (χ4v) is 1.73. The first-order valence-electron chi connectivity index (χ1n) is 4.38. The van der Waals surface area contributed by atoms with E-state index < -0.39 is 5.97 Å². The third-order valence-corrected chi connectivity index (χ3v) is 2.42. The Balaban J connectivity index is 3.06. The van der Waals surface area contributed by atoms with E-state index in [0.717, 1.165) is 0 Å². The summed E-state index contributed by atoms with van der Waals surface area (Å²) in [6.45, 7) is 5.63. The maximum atomic E-state index is 11.4. The van der Waals surface area contributed by atoms with E-state index in [4.69, 9.17) is 27.9 Å². The van der Waals surface area contributed by atoms with Crippen LogP contribution in [0.3, 0.4) is 0 Å². The van der Waals surface area contributed by atoms with Crippen LogP contribution < -0.4 is 0 Å². The lowest BCUT2D eigenvalue weighted by molar-refractivity contribution is -0.136. The number of hydrogen-bond donors (Lipinski definition) is 0. The summed E-state index contributed by atoms with van der Waals surface area (Å²) in [5, 5.41) is 0.779. The lowest BCUT2D eigenvalue weighted by Gasteiger charge is -2.08. The summed E-state index contributed by atoms with van der Waals surface area (Å²) in [6, 6.07) is 4.99. The highest BCUT2D eigenvalue weighted by Gasteiger charge is 2.16. The Kier molecular flexibility index (Phi) is 4.18. The van der Waals surface area contributed by atoms with Gasteiger partial charge in [0, 0.05) is 5.56 Å². The molecule has 0 unspecified atom stereocenters. The third kappa shape index (κ3) is 2.74. The zero-order chi connectivity index (χ0) is 11.4.